The molecule has 1 amide bonds. The van der Waals surface area contributed by atoms with Crippen LogP contribution in [0.5, 0.6) is 11.5 Å². The quantitative estimate of drug-likeness (QED) is 0.814. The standard InChI is InChI=1S/C22H22FNO4/c1-13-3-4-18(5-14(13)2)27-11-15-9-24(10-15)22(26)19-7-16-6-17(25)12-28-21(16)8-20(19)23/h3-5,7-8,15H,6,9-12H2,1-2H3. The number of carbonyl (C=O) groups is 2. The molecule has 4 rings (SSSR count). The second-order valence-electron chi connectivity index (χ2n) is 7.58. The molecule has 0 aliphatic carbocycles. The van der Waals surface area contributed by atoms with Crippen LogP contribution in [0.1, 0.15) is 27.0 Å². The summed E-state index contributed by atoms with van der Waals surface area (Å²) in [6, 6.07) is 8.62. The second-order valence-corrected chi connectivity index (χ2v) is 7.58. The Labute approximate surface area is 163 Å². The highest BCUT2D eigenvalue weighted by Gasteiger charge is 2.33. The summed E-state index contributed by atoms with van der Waals surface area (Å²) in [6.45, 7) is 5.61. The minimum absolute atomic E-state index is 0.00872. The van der Waals surface area contributed by atoms with Crippen molar-refractivity contribution in [1.29, 1.82) is 0 Å². The number of carbonyl (C=O) groups excluding carboxylic acids is 2. The number of likely N-dealkylation sites (tertiary alicyclic amines) is 1. The van der Waals surface area contributed by atoms with Crippen LogP contribution >= 0.6 is 0 Å². The number of hydrogen-bond donors (Lipinski definition) is 0. The third kappa shape index (κ3) is 3.59. The Morgan fingerprint density at radius 3 is 2.75 bits per heavy atom. The van der Waals surface area contributed by atoms with E-state index >= 15 is 0 Å². The average Bonchev–Trinajstić information content (AvgIpc) is 2.62. The van der Waals surface area contributed by atoms with Gasteiger partial charge in [0.25, 0.3) is 5.91 Å². The van der Waals surface area contributed by atoms with Crippen LogP contribution in [0, 0.1) is 25.6 Å². The Balaban J connectivity index is 1.35. The predicted octanol–water partition coefficient (Wildman–Crippen LogP) is 3.10. The van der Waals surface area contributed by atoms with Crippen LogP contribution < -0.4 is 9.47 Å². The van der Waals surface area contributed by atoms with E-state index in [0.717, 1.165) is 5.75 Å². The van der Waals surface area contributed by atoms with Crippen LogP contribution in [-0.2, 0) is 11.2 Å². The van der Waals surface area contributed by atoms with Crippen LogP contribution in [0.15, 0.2) is 30.3 Å². The van der Waals surface area contributed by atoms with Crippen molar-refractivity contribution in [2.45, 2.75) is 20.3 Å². The zero-order chi connectivity index (χ0) is 19.8. The summed E-state index contributed by atoms with van der Waals surface area (Å²) in [5, 5.41) is 0. The first-order valence-corrected chi connectivity index (χ1v) is 9.37. The highest BCUT2D eigenvalue weighted by Crippen LogP contribution is 2.29. The molecule has 0 radical (unpaired) electrons. The molecular formula is C22H22FNO4. The predicted molar refractivity (Wildman–Crippen MR) is 101 cm³/mol. The van der Waals surface area contributed by atoms with Crippen molar-refractivity contribution < 1.29 is 23.5 Å². The van der Waals surface area contributed by atoms with E-state index in [1.54, 1.807) is 4.90 Å². The molecule has 28 heavy (non-hydrogen) atoms. The summed E-state index contributed by atoms with van der Waals surface area (Å²) in [5.41, 5.74) is 2.95. The molecule has 0 atom stereocenters. The van der Waals surface area contributed by atoms with E-state index in [1.165, 1.54) is 23.3 Å². The number of aryl methyl sites for hydroxylation is 2. The second kappa shape index (κ2) is 7.26. The van der Waals surface area contributed by atoms with Crippen LogP contribution in [0.2, 0.25) is 0 Å². The number of fused-ring (bicyclic) bond motifs is 1. The van der Waals surface area contributed by atoms with Gasteiger partial charge in [0.2, 0.25) is 0 Å². The van der Waals surface area contributed by atoms with E-state index in [-0.39, 0.29) is 36.2 Å². The summed E-state index contributed by atoms with van der Waals surface area (Å²) in [4.78, 5) is 25.8. The van der Waals surface area contributed by atoms with Gasteiger partial charge >= 0.3 is 0 Å². The number of benzene rings is 2. The van der Waals surface area contributed by atoms with Crippen LogP contribution in [0.25, 0.3) is 0 Å². The first-order chi connectivity index (χ1) is 13.4. The van der Waals surface area contributed by atoms with Crippen LogP contribution in [0.4, 0.5) is 4.39 Å². The van der Waals surface area contributed by atoms with E-state index in [4.69, 9.17) is 9.47 Å². The van der Waals surface area contributed by atoms with Gasteiger partial charge in [0.1, 0.15) is 23.9 Å². The first-order valence-electron chi connectivity index (χ1n) is 9.37. The third-order valence-electron chi connectivity index (χ3n) is 5.37. The Morgan fingerprint density at radius 1 is 1.21 bits per heavy atom. The number of ether oxygens (including phenoxy) is 2. The Morgan fingerprint density at radius 2 is 2.00 bits per heavy atom. The van der Waals surface area contributed by atoms with E-state index in [0.29, 0.717) is 31.0 Å². The molecule has 5 nitrogen and oxygen atoms in total. The van der Waals surface area contributed by atoms with Crippen molar-refractivity contribution in [3.63, 3.8) is 0 Å². The van der Waals surface area contributed by atoms with E-state index < -0.39 is 5.82 Å². The lowest BCUT2D eigenvalue weighted by atomic mass is 9.97. The summed E-state index contributed by atoms with van der Waals surface area (Å²) >= 11 is 0. The lowest BCUT2D eigenvalue weighted by Gasteiger charge is -2.39. The Kier molecular flexibility index (Phi) is 4.79. The van der Waals surface area contributed by atoms with Crippen molar-refractivity contribution in [3.05, 3.63) is 58.4 Å². The minimum Gasteiger partial charge on any atom is -0.493 e. The van der Waals surface area contributed by atoms with Gasteiger partial charge in [-0.05, 0) is 43.2 Å². The molecule has 2 heterocycles. The normalized spacial score (nSPS) is 16.2. The molecule has 2 aliphatic heterocycles. The third-order valence-corrected chi connectivity index (χ3v) is 5.37. The van der Waals surface area contributed by atoms with Crippen LogP contribution in [-0.4, -0.2) is 42.9 Å². The van der Waals surface area contributed by atoms with Gasteiger partial charge in [-0.1, -0.05) is 6.07 Å². The maximum atomic E-state index is 14.3. The number of hydrogen-bond acceptors (Lipinski definition) is 4. The van der Waals surface area contributed by atoms with Crippen molar-refractivity contribution in [2.75, 3.05) is 26.3 Å². The molecule has 0 N–H and O–H groups in total. The zero-order valence-corrected chi connectivity index (χ0v) is 16.0. The van der Waals surface area contributed by atoms with E-state index in [9.17, 15) is 14.0 Å². The first kappa shape index (κ1) is 18.5. The molecular weight excluding hydrogens is 361 g/mol. The molecule has 0 saturated carbocycles. The van der Waals surface area contributed by atoms with Crippen molar-refractivity contribution in [3.8, 4) is 11.5 Å². The SMILES string of the molecule is Cc1ccc(OCC2CN(C(=O)c3cc4c(cc3F)OCC(=O)C4)C2)cc1C. The molecule has 2 aromatic carbocycles. The average molecular weight is 383 g/mol. The minimum atomic E-state index is -0.618. The van der Waals surface area contributed by atoms with Gasteiger partial charge in [-0.15, -0.1) is 0 Å². The Bertz CT molecular complexity index is 950. The van der Waals surface area contributed by atoms with E-state index in [1.807, 2.05) is 25.1 Å². The van der Waals surface area contributed by atoms with Gasteiger partial charge in [0.05, 0.1) is 12.2 Å². The zero-order valence-electron chi connectivity index (χ0n) is 16.0. The summed E-state index contributed by atoms with van der Waals surface area (Å²) in [5.74, 6) is 0.324. The summed E-state index contributed by atoms with van der Waals surface area (Å²) in [6.07, 6.45) is 0.169. The van der Waals surface area contributed by atoms with Crippen molar-refractivity contribution >= 4 is 11.7 Å². The fourth-order valence-electron chi connectivity index (χ4n) is 3.49. The molecule has 0 aromatic heterocycles. The maximum absolute atomic E-state index is 14.3. The number of halogens is 1. The number of amides is 1. The molecule has 0 unspecified atom stereocenters. The molecule has 1 saturated heterocycles. The van der Waals surface area contributed by atoms with Gasteiger partial charge in [-0.25, -0.2) is 4.39 Å². The van der Waals surface area contributed by atoms with Crippen molar-refractivity contribution in [2.24, 2.45) is 5.92 Å². The van der Waals surface area contributed by atoms with Gasteiger partial charge in [-0.2, -0.15) is 0 Å². The highest BCUT2D eigenvalue weighted by atomic mass is 19.1. The summed E-state index contributed by atoms with van der Waals surface area (Å²) < 4.78 is 25.4. The largest absolute Gasteiger partial charge is 0.493 e. The fraction of sp³-hybridized carbons (Fsp3) is 0.364. The smallest absolute Gasteiger partial charge is 0.256 e. The lowest BCUT2D eigenvalue weighted by molar-refractivity contribution is -0.121. The molecule has 2 aliphatic rings. The lowest BCUT2D eigenvalue weighted by Crippen LogP contribution is -2.52. The molecule has 0 bridgehead atoms. The van der Waals surface area contributed by atoms with E-state index in [2.05, 4.69) is 6.92 Å². The van der Waals surface area contributed by atoms with Crippen molar-refractivity contribution in [1.82, 2.24) is 4.90 Å². The van der Waals surface area contributed by atoms with Gasteiger partial charge < -0.3 is 14.4 Å². The maximum Gasteiger partial charge on any atom is 0.256 e. The van der Waals surface area contributed by atoms with Gasteiger partial charge in [0, 0.05) is 37.1 Å². The molecule has 0 spiro atoms. The molecule has 146 valence electrons. The highest BCUT2D eigenvalue weighted by molar-refractivity contribution is 5.96. The number of ketones is 1. The monoisotopic (exact) mass is 383 g/mol. The topological polar surface area (TPSA) is 55.8 Å². The van der Waals surface area contributed by atoms with Crippen LogP contribution in [0.3, 0.4) is 0 Å². The van der Waals surface area contributed by atoms with Gasteiger partial charge in [-0.3, -0.25) is 9.59 Å². The number of Topliss-reactive ketones (excluding diaryl/α,β-unsaturated/α-hetero) is 1. The molecule has 1 fully saturated rings. The van der Waals surface area contributed by atoms with Gasteiger partial charge in [0.15, 0.2) is 5.78 Å². The molecule has 6 heteroatoms. The number of rotatable bonds is 4. The Hall–Kier alpha value is -2.89. The summed E-state index contributed by atoms with van der Waals surface area (Å²) in [7, 11) is 0. The molecule has 2 aromatic rings. The number of nitrogens with zero attached hydrogens (tertiary/aromatic N) is 1. The fourth-order valence-corrected chi connectivity index (χ4v) is 3.49.